The van der Waals surface area contributed by atoms with Gasteiger partial charge in [0.25, 0.3) is 11.1 Å². The number of hydrogen-bond acceptors (Lipinski definition) is 8. The van der Waals surface area contributed by atoms with Crippen molar-refractivity contribution in [3.8, 4) is 23.3 Å². The van der Waals surface area contributed by atoms with Crippen LogP contribution in [0.5, 0.6) is 23.3 Å². The molecule has 0 aliphatic carbocycles. The monoisotopic (exact) mass is 664 g/mol. The molecule has 10 nitrogen and oxygen atoms in total. The van der Waals surface area contributed by atoms with Crippen molar-refractivity contribution in [2.45, 2.75) is 12.5 Å². The second-order valence-electron chi connectivity index (χ2n) is 9.23. The lowest BCUT2D eigenvalue weighted by Gasteiger charge is -2.24. The zero-order valence-electron chi connectivity index (χ0n) is 22.6. The minimum absolute atomic E-state index is 0.0363. The number of rotatable bonds is 7. The van der Waals surface area contributed by atoms with E-state index in [2.05, 4.69) is 15.9 Å². The third-order valence-corrected chi connectivity index (χ3v) is 8.51. The molecule has 0 spiro atoms. The Labute approximate surface area is 252 Å². The van der Waals surface area contributed by atoms with Crippen molar-refractivity contribution < 1.29 is 24.1 Å². The van der Waals surface area contributed by atoms with E-state index in [1.165, 1.54) is 56.6 Å². The predicted octanol–water partition coefficient (Wildman–Crippen LogP) is 4.30. The lowest BCUT2D eigenvalue weighted by atomic mass is 9.86. The van der Waals surface area contributed by atoms with Crippen LogP contribution in [0, 0.1) is 15.4 Å². The molecule has 0 bridgehead atoms. The highest BCUT2D eigenvalue weighted by molar-refractivity contribution is 9.10. The van der Waals surface area contributed by atoms with Crippen molar-refractivity contribution in [3.63, 3.8) is 0 Å². The lowest BCUT2D eigenvalue weighted by Crippen LogP contribution is -2.33. The summed E-state index contributed by atoms with van der Waals surface area (Å²) in [5, 5.41) is 22.4. The number of hydrogen-bond donors (Lipinski definition) is 2. The second kappa shape index (κ2) is 11.6. The zero-order chi connectivity index (χ0) is 30.3. The number of ether oxygens (including phenoxy) is 2. The molecule has 216 valence electrons. The van der Waals surface area contributed by atoms with E-state index in [-0.39, 0.29) is 44.3 Å². The fourth-order valence-corrected chi connectivity index (χ4v) is 5.43. The maximum atomic E-state index is 14.2. The van der Waals surface area contributed by atoms with Gasteiger partial charge in [-0.3, -0.25) is 27.9 Å². The van der Waals surface area contributed by atoms with Gasteiger partial charge in [-0.05, 0) is 64.1 Å². The zero-order valence-corrected chi connectivity index (χ0v) is 25.9. The fourth-order valence-electron chi connectivity index (χ4n) is 4.51. The van der Waals surface area contributed by atoms with Crippen LogP contribution in [0.25, 0.3) is 0 Å². The molecule has 0 aliphatic rings. The normalized spacial score (nSPS) is 11.2. The van der Waals surface area contributed by atoms with Crippen LogP contribution in [0.1, 0.15) is 28.2 Å². The Bertz CT molecular complexity index is 1850. The summed E-state index contributed by atoms with van der Waals surface area (Å²) in [6, 6.07) is 9.23. The SMILES string of the molecule is COc1cc(C(c2c(O)n(C)c(=S)n(C)c2=O)c2c(O)n(C)c(=S)n(C)c2=O)cc(Br)c1OCc1ccccc1F. The minimum atomic E-state index is -1.32. The molecule has 2 N–H and O–H groups in total. The molecule has 0 fully saturated rings. The summed E-state index contributed by atoms with van der Waals surface area (Å²) in [6.07, 6.45) is 0. The number of aromatic hydroxyl groups is 2. The van der Waals surface area contributed by atoms with Crippen molar-refractivity contribution in [2.75, 3.05) is 7.11 Å². The standard InChI is InChI=1S/C27H26BrFN4O6S2/c1-30-22(34)19(23(35)31(2)26(30)40)18(20-24(36)32(3)27(41)33(4)25(20)37)14-10-15(28)21(17(11-14)38-5)39-12-13-8-6-7-9-16(13)29/h6-11,18,34,36H,12H2,1-5H3. The Balaban J connectivity index is 2.04. The van der Waals surface area contributed by atoms with E-state index in [1.807, 2.05) is 0 Å². The highest BCUT2D eigenvalue weighted by Crippen LogP contribution is 2.44. The molecule has 14 heteroatoms. The quantitative estimate of drug-likeness (QED) is 0.281. The van der Waals surface area contributed by atoms with Crippen molar-refractivity contribution in [1.82, 2.24) is 18.3 Å². The molecule has 2 aromatic carbocycles. The van der Waals surface area contributed by atoms with Gasteiger partial charge in [0, 0.05) is 33.8 Å². The molecule has 0 radical (unpaired) electrons. The van der Waals surface area contributed by atoms with Gasteiger partial charge in [-0.25, -0.2) is 4.39 Å². The minimum Gasteiger partial charge on any atom is -0.494 e. The molecule has 0 saturated heterocycles. The molecular weight excluding hydrogens is 639 g/mol. The van der Waals surface area contributed by atoms with Crippen LogP contribution in [-0.2, 0) is 34.8 Å². The van der Waals surface area contributed by atoms with Gasteiger partial charge in [0.1, 0.15) is 12.4 Å². The first kappa shape index (κ1) is 30.2. The van der Waals surface area contributed by atoms with Crippen LogP contribution in [-0.4, -0.2) is 35.6 Å². The highest BCUT2D eigenvalue weighted by atomic mass is 79.9. The maximum absolute atomic E-state index is 14.2. The Kier molecular flexibility index (Phi) is 8.57. The number of nitrogens with zero attached hydrogens (tertiary/aromatic N) is 4. The summed E-state index contributed by atoms with van der Waals surface area (Å²) < 4.78 is 30.8. The molecule has 4 aromatic rings. The van der Waals surface area contributed by atoms with Gasteiger partial charge in [0.05, 0.1) is 28.6 Å². The van der Waals surface area contributed by atoms with Gasteiger partial charge in [-0.15, -0.1) is 0 Å². The molecular formula is C27H26BrFN4O6S2. The van der Waals surface area contributed by atoms with E-state index in [4.69, 9.17) is 33.9 Å². The summed E-state index contributed by atoms with van der Waals surface area (Å²) in [5.41, 5.74) is -1.21. The van der Waals surface area contributed by atoms with Crippen molar-refractivity contribution in [2.24, 2.45) is 28.2 Å². The molecule has 0 aliphatic heterocycles. The average Bonchev–Trinajstić information content (AvgIpc) is 2.96. The van der Waals surface area contributed by atoms with Gasteiger partial charge in [-0.2, -0.15) is 0 Å². The number of benzene rings is 2. The van der Waals surface area contributed by atoms with Crippen LogP contribution in [0.3, 0.4) is 0 Å². The third-order valence-electron chi connectivity index (χ3n) is 6.83. The van der Waals surface area contributed by atoms with Crippen LogP contribution in [0.4, 0.5) is 4.39 Å². The number of methoxy groups -OCH3 is 1. The summed E-state index contributed by atoms with van der Waals surface area (Å²) in [6.45, 7) is -0.112. The summed E-state index contributed by atoms with van der Waals surface area (Å²) >= 11 is 14.0. The van der Waals surface area contributed by atoms with Crippen molar-refractivity contribution in [3.05, 3.63) is 99.2 Å². The van der Waals surface area contributed by atoms with Crippen molar-refractivity contribution >= 4 is 40.4 Å². The van der Waals surface area contributed by atoms with Crippen LogP contribution >= 0.6 is 40.4 Å². The summed E-state index contributed by atoms with van der Waals surface area (Å²) in [5.74, 6) is -2.34. The largest absolute Gasteiger partial charge is 0.494 e. The van der Waals surface area contributed by atoms with E-state index in [0.29, 0.717) is 10.0 Å². The molecule has 2 aromatic heterocycles. The summed E-state index contributed by atoms with van der Waals surface area (Å²) in [4.78, 5) is 27.2. The van der Waals surface area contributed by atoms with Crippen LogP contribution in [0.2, 0.25) is 0 Å². The first-order valence-corrected chi connectivity index (χ1v) is 13.6. The molecule has 4 rings (SSSR count). The Morgan fingerprint density at radius 2 is 1.41 bits per heavy atom. The van der Waals surface area contributed by atoms with Gasteiger partial charge >= 0.3 is 0 Å². The Morgan fingerprint density at radius 1 is 0.902 bits per heavy atom. The van der Waals surface area contributed by atoms with E-state index >= 15 is 0 Å². The molecule has 2 heterocycles. The van der Waals surface area contributed by atoms with Gasteiger partial charge in [0.2, 0.25) is 11.8 Å². The first-order valence-electron chi connectivity index (χ1n) is 12.0. The van der Waals surface area contributed by atoms with E-state index in [1.54, 1.807) is 24.3 Å². The van der Waals surface area contributed by atoms with Gasteiger partial charge < -0.3 is 19.7 Å². The highest BCUT2D eigenvalue weighted by Gasteiger charge is 2.33. The molecule has 41 heavy (non-hydrogen) atoms. The van der Waals surface area contributed by atoms with E-state index in [9.17, 15) is 24.2 Å². The van der Waals surface area contributed by atoms with E-state index in [0.717, 1.165) is 9.13 Å². The fraction of sp³-hybridized carbons (Fsp3) is 0.259. The Hall–Kier alpha value is -3.75. The maximum Gasteiger partial charge on any atom is 0.262 e. The second-order valence-corrected chi connectivity index (χ2v) is 10.8. The van der Waals surface area contributed by atoms with Crippen LogP contribution in [0.15, 0.2) is 50.5 Å². The third kappa shape index (κ3) is 5.22. The van der Waals surface area contributed by atoms with Crippen LogP contribution < -0.4 is 20.6 Å². The molecule has 0 atom stereocenters. The lowest BCUT2D eigenvalue weighted by molar-refractivity contribution is 0.277. The molecule has 0 unspecified atom stereocenters. The van der Waals surface area contributed by atoms with Crippen molar-refractivity contribution in [1.29, 1.82) is 0 Å². The van der Waals surface area contributed by atoms with E-state index < -0.39 is 34.6 Å². The predicted molar refractivity (Wildman–Crippen MR) is 159 cm³/mol. The number of aromatic nitrogens is 4. The molecule has 0 saturated carbocycles. The molecule has 0 amide bonds. The number of halogens is 2. The van der Waals surface area contributed by atoms with Gasteiger partial charge in [0.15, 0.2) is 21.0 Å². The van der Waals surface area contributed by atoms with Gasteiger partial charge in [-0.1, -0.05) is 18.2 Å². The average molecular weight is 666 g/mol. The first-order chi connectivity index (χ1) is 19.3. The summed E-state index contributed by atoms with van der Waals surface area (Å²) in [7, 11) is 7.20. The Morgan fingerprint density at radius 3 is 1.90 bits per heavy atom. The topological polar surface area (TPSA) is 113 Å². The smallest absolute Gasteiger partial charge is 0.262 e.